The standard InChI is InChI=1S/C16H19ClN2O/c1-3-18-12(2)14-6-9-16(19-10-14)20-11-13-4-7-15(17)8-5-13/h4-10,12,18H,3,11H2,1-2H3. The zero-order valence-corrected chi connectivity index (χ0v) is 12.5. The molecular formula is C16H19ClN2O. The quantitative estimate of drug-likeness (QED) is 0.873. The van der Waals surface area contributed by atoms with E-state index >= 15 is 0 Å². The first-order valence-electron chi connectivity index (χ1n) is 6.75. The molecule has 3 nitrogen and oxygen atoms in total. The highest BCUT2D eigenvalue weighted by Gasteiger charge is 2.04. The molecule has 1 atom stereocenters. The summed E-state index contributed by atoms with van der Waals surface area (Å²) in [5.74, 6) is 0.632. The summed E-state index contributed by atoms with van der Waals surface area (Å²) in [6.07, 6.45) is 1.85. The minimum atomic E-state index is 0.304. The first kappa shape index (κ1) is 14.8. The zero-order chi connectivity index (χ0) is 14.4. The van der Waals surface area contributed by atoms with Gasteiger partial charge in [-0.2, -0.15) is 0 Å². The van der Waals surface area contributed by atoms with Gasteiger partial charge in [-0.05, 0) is 36.7 Å². The lowest BCUT2D eigenvalue weighted by molar-refractivity contribution is 0.293. The van der Waals surface area contributed by atoms with Crippen molar-refractivity contribution in [1.82, 2.24) is 10.3 Å². The Kier molecular flexibility index (Phi) is 5.39. The minimum absolute atomic E-state index is 0.304. The van der Waals surface area contributed by atoms with Gasteiger partial charge in [0.2, 0.25) is 5.88 Å². The SMILES string of the molecule is CCNC(C)c1ccc(OCc2ccc(Cl)cc2)nc1. The third-order valence-corrected chi connectivity index (χ3v) is 3.32. The largest absolute Gasteiger partial charge is 0.473 e. The van der Waals surface area contributed by atoms with Crippen LogP contribution in [0, 0.1) is 0 Å². The molecule has 0 aliphatic carbocycles. The number of benzene rings is 1. The van der Waals surface area contributed by atoms with Crippen LogP contribution in [-0.4, -0.2) is 11.5 Å². The molecule has 1 N–H and O–H groups in total. The number of halogens is 1. The number of pyridine rings is 1. The summed E-state index contributed by atoms with van der Waals surface area (Å²) >= 11 is 5.84. The fraction of sp³-hybridized carbons (Fsp3) is 0.312. The van der Waals surface area contributed by atoms with Crippen molar-refractivity contribution >= 4 is 11.6 Å². The normalized spacial score (nSPS) is 12.2. The highest BCUT2D eigenvalue weighted by molar-refractivity contribution is 6.30. The third kappa shape index (κ3) is 4.22. The summed E-state index contributed by atoms with van der Waals surface area (Å²) in [5.41, 5.74) is 2.23. The summed E-state index contributed by atoms with van der Waals surface area (Å²) in [7, 11) is 0. The van der Waals surface area contributed by atoms with Crippen molar-refractivity contribution in [3.8, 4) is 5.88 Å². The van der Waals surface area contributed by atoms with E-state index in [9.17, 15) is 0 Å². The van der Waals surface area contributed by atoms with E-state index in [0.29, 0.717) is 18.5 Å². The van der Waals surface area contributed by atoms with Crippen LogP contribution in [0.15, 0.2) is 42.6 Å². The number of hydrogen-bond donors (Lipinski definition) is 1. The maximum Gasteiger partial charge on any atom is 0.213 e. The van der Waals surface area contributed by atoms with Gasteiger partial charge in [-0.3, -0.25) is 0 Å². The van der Waals surface area contributed by atoms with Crippen LogP contribution in [0.1, 0.15) is 31.0 Å². The van der Waals surface area contributed by atoms with Crippen LogP contribution < -0.4 is 10.1 Å². The van der Waals surface area contributed by atoms with E-state index in [1.807, 2.05) is 42.6 Å². The first-order chi connectivity index (χ1) is 9.69. The molecule has 2 rings (SSSR count). The molecule has 1 aromatic carbocycles. The van der Waals surface area contributed by atoms with E-state index in [-0.39, 0.29) is 0 Å². The maximum absolute atomic E-state index is 5.84. The van der Waals surface area contributed by atoms with Crippen LogP contribution in [0.25, 0.3) is 0 Å². The van der Waals surface area contributed by atoms with Crippen molar-refractivity contribution in [1.29, 1.82) is 0 Å². The summed E-state index contributed by atoms with van der Waals surface area (Å²) in [5, 5.41) is 4.08. The van der Waals surface area contributed by atoms with Gasteiger partial charge in [-0.1, -0.05) is 36.7 Å². The van der Waals surface area contributed by atoms with E-state index in [4.69, 9.17) is 16.3 Å². The van der Waals surface area contributed by atoms with Crippen LogP contribution in [0.3, 0.4) is 0 Å². The van der Waals surface area contributed by atoms with Gasteiger partial charge in [-0.25, -0.2) is 4.98 Å². The highest BCUT2D eigenvalue weighted by atomic mass is 35.5. The number of nitrogens with one attached hydrogen (secondary N) is 1. The number of hydrogen-bond acceptors (Lipinski definition) is 3. The molecule has 1 heterocycles. The second kappa shape index (κ2) is 7.27. The molecule has 0 amide bonds. The second-order valence-electron chi connectivity index (χ2n) is 4.62. The van der Waals surface area contributed by atoms with Gasteiger partial charge in [0, 0.05) is 23.3 Å². The molecule has 0 bridgehead atoms. The van der Waals surface area contributed by atoms with E-state index in [1.54, 1.807) is 0 Å². The molecule has 20 heavy (non-hydrogen) atoms. The van der Waals surface area contributed by atoms with Crippen molar-refractivity contribution in [3.63, 3.8) is 0 Å². The summed E-state index contributed by atoms with van der Waals surface area (Å²) in [6.45, 7) is 5.64. The molecule has 0 radical (unpaired) electrons. The zero-order valence-electron chi connectivity index (χ0n) is 11.8. The molecular weight excluding hydrogens is 272 g/mol. The Morgan fingerprint density at radius 3 is 2.55 bits per heavy atom. The molecule has 1 aromatic heterocycles. The van der Waals surface area contributed by atoms with Crippen molar-refractivity contribution in [3.05, 3.63) is 58.7 Å². The minimum Gasteiger partial charge on any atom is -0.473 e. The predicted molar refractivity (Wildman–Crippen MR) is 82.1 cm³/mol. The van der Waals surface area contributed by atoms with Crippen LogP contribution in [0.5, 0.6) is 5.88 Å². The fourth-order valence-corrected chi connectivity index (χ4v) is 2.02. The van der Waals surface area contributed by atoms with Crippen LogP contribution in [0.4, 0.5) is 0 Å². The monoisotopic (exact) mass is 290 g/mol. The number of nitrogens with zero attached hydrogens (tertiary/aromatic N) is 1. The fourth-order valence-electron chi connectivity index (χ4n) is 1.90. The Hall–Kier alpha value is -1.58. The van der Waals surface area contributed by atoms with E-state index in [1.165, 1.54) is 0 Å². The van der Waals surface area contributed by atoms with E-state index < -0.39 is 0 Å². The average molecular weight is 291 g/mol. The lowest BCUT2D eigenvalue weighted by Crippen LogP contribution is -2.17. The molecule has 2 aromatic rings. The molecule has 4 heteroatoms. The van der Waals surface area contributed by atoms with Crippen molar-refractivity contribution in [2.24, 2.45) is 0 Å². The van der Waals surface area contributed by atoms with Gasteiger partial charge >= 0.3 is 0 Å². The van der Waals surface area contributed by atoms with Gasteiger partial charge in [0.1, 0.15) is 6.61 Å². The molecule has 0 aliphatic rings. The average Bonchev–Trinajstić information content (AvgIpc) is 2.47. The van der Waals surface area contributed by atoms with Crippen LogP contribution >= 0.6 is 11.6 Å². The van der Waals surface area contributed by atoms with Gasteiger partial charge in [-0.15, -0.1) is 0 Å². The smallest absolute Gasteiger partial charge is 0.213 e. The van der Waals surface area contributed by atoms with Gasteiger partial charge in [0.05, 0.1) is 0 Å². The Labute approximate surface area is 124 Å². The molecule has 0 fully saturated rings. The lowest BCUT2D eigenvalue weighted by Gasteiger charge is -2.12. The Morgan fingerprint density at radius 2 is 1.95 bits per heavy atom. The van der Waals surface area contributed by atoms with Crippen molar-refractivity contribution in [2.45, 2.75) is 26.5 Å². The Morgan fingerprint density at radius 1 is 1.20 bits per heavy atom. The Bertz CT molecular complexity index is 525. The lowest BCUT2D eigenvalue weighted by atomic mass is 10.1. The number of ether oxygens (including phenoxy) is 1. The Balaban J connectivity index is 1.92. The van der Waals surface area contributed by atoms with Gasteiger partial charge in [0.15, 0.2) is 0 Å². The van der Waals surface area contributed by atoms with Gasteiger partial charge < -0.3 is 10.1 Å². The summed E-state index contributed by atoms with van der Waals surface area (Å²) < 4.78 is 5.65. The summed E-state index contributed by atoms with van der Waals surface area (Å²) in [6, 6.07) is 11.9. The summed E-state index contributed by atoms with van der Waals surface area (Å²) in [4.78, 5) is 4.33. The maximum atomic E-state index is 5.84. The van der Waals surface area contributed by atoms with Crippen LogP contribution in [-0.2, 0) is 6.61 Å². The van der Waals surface area contributed by atoms with Crippen LogP contribution in [0.2, 0.25) is 5.02 Å². The topological polar surface area (TPSA) is 34.1 Å². The second-order valence-corrected chi connectivity index (χ2v) is 5.06. The number of rotatable bonds is 6. The highest BCUT2D eigenvalue weighted by Crippen LogP contribution is 2.16. The van der Waals surface area contributed by atoms with Crippen molar-refractivity contribution < 1.29 is 4.74 Å². The number of aromatic nitrogens is 1. The predicted octanol–water partition coefficient (Wildman–Crippen LogP) is 3.98. The first-order valence-corrected chi connectivity index (χ1v) is 7.13. The molecule has 0 saturated heterocycles. The van der Waals surface area contributed by atoms with Crippen molar-refractivity contribution in [2.75, 3.05) is 6.54 Å². The van der Waals surface area contributed by atoms with E-state index in [0.717, 1.165) is 22.7 Å². The molecule has 1 unspecified atom stereocenters. The third-order valence-electron chi connectivity index (χ3n) is 3.07. The molecule has 0 spiro atoms. The molecule has 0 saturated carbocycles. The van der Waals surface area contributed by atoms with E-state index in [2.05, 4.69) is 24.1 Å². The molecule has 106 valence electrons. The molecule has 0 aliphatic heterocycles. The van der Waals surface area contributed by atoms with Gasteiger partial charge in [0.25, 0.3) is 0 Å².